The summed E-state index contributed by atoms with van der Waals surface area (Å²) < 4.78 is 53.1. The Labute approximate surface area is 135 Å². The number of alkyl halides is 2. The van der Waals surface area contributed by atoms with Crippen LogP contribution < -0.4 is 4.72 Å². The highest BCUT2D eigenvalue weighted by Crippen LogP contribution is 2.17. The standard InChI is InChI=1S/C11H14F2N6O4S/c1-8-9(7-18(15-8)11(12)13)24(22,23)14-4-2-5-17-6-3-10(16-17)19(20)21/h3,6-7,11,14H,2,4-5H2,1H3. The van der Waals surface area contributed by atoms with E-state index in [0.29, 0.717) is 6.42 Å². The summed E-state index contributed by atoms with van der Waals surface area (Å²) in [7, 11) is -3.97. The fourth-order valence-electron chi connectivity index (χ4n) is 1.93. The summed E-state index contributed by atoms with van der Waals surface area (Å²) in [5, 5.41) is 17.6. The zero-order valence-electron chi connectivity index (χ0n) is 12.5. The number of rotatable bonds is 8. The lowest BCUT2D eigenvalue weighted by atomic mass is 10.4. The Balaban J connectivity index is 1.92. The smallest absolute Gasteiger partial charge is 0.358 e. The Morgan fingerprint density at radius 1 is 1.42 bits per heavy atom. The minimum absolute atomic E-state index is 0.00922. The van der Waals surface area contributed by atoms with Gasteiger partial charge in [0.2, 0.25) is 10.0 Å². The van der Waals surface area contributed by atoms with Gasteiger partial charge in [0.1, 0.15) is 4.90 Å². The molecule has 0 unspecified atom stereocenters. The van der Waals surface area contributed by atoms with Crippen molar-refractivity contribution in [2.45, 2.75) is 31.3 Å². The number of halogens is 2. The van der Waals surface area contributed by atoms with Crippen LogP contribution in [0, 0.1) is 17.0 Å². The summed E-state index contributed by atoms with van der Waals surface area (Å²) in [4.78, 5) is 9.53. The fourth-order valence-corrected chi connectivity index (χ4v) is 3.17. The molecule has 0 saturated carbocycles. The normalized spacial score (nSPS) is 12.0. The van der Waals surface area contributed by atoms with Crippen molar-refractivity contribution in [3.63, 3.8) is 0 Å². The molecule has 0 aliphatic rings. The molecule has 1 N–H and O–H groups in total. The van der Waals surface area contributed by atoms with E-state index in [-0.39, 0.29) is 34.2 Å². The second-order valence-electron chi connectivity index (χ2n) is 4.78. The van der Waals surface area contributed by atoms with E-state index in [2.05, 4.69) is 14.9 Å². The molecule has 0 aromatic carbocycles. The molecular formula is C11H14F2N6O4S. The molecule has 132 valence electrons. The van der Waals surface area contributed by atoms with E-state index in [9.17, 15) is 27.3 Å². The van der Waals surface area contributed by atoms with Crippen LogP contribution in [0.4, 0.5) is 14.6 Å². The highest BCUT2D eigenvalue weighted by molar-refractivity contribution is 7.89. The molecule has 10 nitrogen and oxygen atoms in total. The zero-order chi connectivity index (χ0) is 17.9. The maximum atomic E-state index is 12.5. The van der Waals surface area contributed by atoms with Crippen molar-refractivity contribution in [3.05, 3.63) is 34.3 Å². The molecule has 0 radical (unpaired) electrons. The Bertz CT molecular complexity index is 831. The molecule has 0 fully saturated rings. The van der Waals surface area contributed by atoms with Crippen molar-refractivity contribution in [2.75, 3.05) is 6.54 Å². The van der Waals surface area contributed by atoms with E-state index in [1.54, 1.807) is 0 Å². The molecule has 0 atom stereocenters. The van der Waals surface area contributed by atoms with E-state index in [1.165, 1.54) is 23.9 Å². The van der Waals surface area contributed by atoms with Gasteiger partial charge in [-0.2, -0.15) is 18.6 Å². The van der Waals surface area contributed by atoms with Crippen LogP contribution in [0.2, 0.25) is 0 Å². The van der Waals surface area contributed by atoms with Crippen LogP contribution in [0.5, 0.6) is 0 Å². The first-order valence-corrected chi connectivity index (χ1v) is 8.20. The summed E-state index contributed by atoms with van der Waals surface area (Å²) in [6, 6.07) is 1.23. The van der Waals surface area contributed by atoms with E-state index in [1.807, 2.05) is 0 Å². The SMILES string of the molecule is Cc1nn(C(F)F)cc1S(=O)(=O)NCCCn1ccc([N+](=O)[O-])n1. The largest absolute Gasteiger partial charge is 0.389 e. The van der Waals surface area contributed by atoms with Crippen LogP contribution in [0.15, 0.2) is 23.4 Å². The highest BCUT2D eigenvalue weighted by Gasteiger charge is 2.22. The van der Waals surface area contributed by atoms with Crippen LogP contribution in [0.3, 0.4) is 0 Å². The number of sulfonamides is 1. The minimum atomic E-state index is -3.97. The predicted molar refractivity (Wildman–Crippen MR) is 76.9 cm³/mol. The Kier molecular flexibility index (Phi) is 5.23. The van der Waals surface area contributed by atoms with E-state index < -0.39 is 21.5 Å². The number of aryl methyl sites for hydroxylation is 2. The quantitative estimate of drug-likeness (QED) is 0.424. The minimum Gasteiger partial charge on any atom is -0.358 e. The van der Waals surface area contributed by atoms with Crippen molar-refractivity contribution >= 4 is 15.8 Å². The third-order valence-corrected chi connectivity index (χ3v) is 4.59. The summed E-state index contributed by atoms with van der Waals surface area (Å²) in [5.74, 6) is -0.300. The Morgan fingerprint density at radius 3 is 2.67 bits per heavy atom. The van der Waals surface area contributed by atoms with Crippen LogP contribution in [-0.2, 0) is 16.6 Å². The van der Waals surface area contributed by atoms with E-state index in [0.717, 1.165) is 6.20 Å². The first-order valence-electron chi connectivity index (χ1n) is 6.72. The van der Waals surface area contributed by atoms with Crippen molar-refractivity contribution in [1.29, 1.82) is 0 Å². The molecule has 2 aromatic heterocycles. The number of nitrogens with zero attached hydrogens (tertiary/aromatic N) is 5. The van der Waals surface area contributed by atoms with Crippen molar-refractivity contribution < 1.29 is 22.1 Å². The summed E-state index contributed by atoms with van der Waals surface area (Å²) in [5.41, 5.74) is -0.0366. The molecule has 2 rings (SSSR count). The first-order chi connectivity index (χ1) is 11.2. The topological polar surface area (TPSA) is 125 Å². The number of nitrogens with one attached hydrogen (secondary N) is 1. The van der Waals surface area contributed by atoms with Crippen molar-refractivity contribution in [1.82, 2.24) is 24.3 Å². The molecule has 0 amide bonds. The van der Waals surface area contributed by atoms with Gasteiger partial charge in [-0.15, -0.1) is 0 Å². The Hall–Kier alpha value is -2.41. The van der Waals surface area contributed by atoms with Gasteiger partial charge in [0, 0.05) is 6.54 Å². The van der Waals surface area contributed by atoms with Crippen LogP contribution in [-0.4, -0.2) is 39.4 Å². The van der Waals surface area contributed by atoms with Gasteiger partial charge in [-0.25, -0.2) is 17.8 Å². The number of nitro groups is 1. The second-order valence-corrected chi connectivity index (χ2v) is 6.52. The maximum Gasteiger partial charge on any atom is 0.389 e. The third-order valence-electron chi connectivity index (χ3n) is 3.03. The van der Waals surface area contributed by atoms with E-state index in [4.69, 9.17) is 0 Å². The van der Waals surface area contributed by atoms with Gasteiger partial charge in [0.15, 0.2) is 0 Å². The average Bonchev–Trinajstić information content (AvgIpc) is 3.10. The summed E-state index contributed by atoms with van der Waals surface area (Å²) in [6.07, 6.45) is 2.47. The lowest BCUT2D eigenvalue weighted by molar-refractivity contribution is -0.389. The number of hydrogen-bond donors (Lipinski definition) is 1. The van der Waals surface area contributed by atoms with Crippen molar-refractivity contribution in [3.8, 4) is 0 Å². The summed E-state index contributed by atoms with van der Waals surface area (Å²) >= 11 is 0. The molecule has 0 aliphatic heterocycles. The molecule has 0 spiro atoms. The molecule has 0 aliphatic carbocycles. The van der Waals surface area contributed by atoms with Crippen molar-refractivity contribution in [2.24, 2.45) is 0 Å². The van der Waals surface area contributed by atoms with E-state index >= 15 is 0 Å². The van der Waals surface area contributed by atoms with Crippen LogP contribution in [0.1, 0.15) is 18.7 Å². The van der Waals surface area contributed by atoms with Crippen LogP contribution in [0.25, 0.3) is 0 Å². The highest BCUT2D eigenvalue weighted by atomic mass is 32.2. The maximum absolute atomic E-state index is 12.5. The van der Waals surface area contributed by atoms with Crippen LogP contribution >= 0.6 is 0 Å². The number of hydrogen-bond acceptors (Lipinski definition) is 6. The van der Waals surface area contributed by atoms with Gasteiger partial charge >= 0.3 is 12.4 Å². The molecule has 0 bridgehead atoms. The fraction of sp³-hybridized carbons (Fsp3) is 0.455. The van der Waals surface area contributed by atoms with Gasteiger partial charge in [-0.1, -0.05) is 0 Å². The molecular weight excluding hydrogens is 350 g/mol. The molecule has 13 heteroatoms. The predicted octanol–water partition coefficient (Wildman–Crippen LogP) is 1.06. The summed E-state index contributed by atoms with van der Waals surface area (Å²) in [6.45, 7) is -1.35. The molecule has 2 heterocycles. The van der Waals surface area contributed by atoms with Gasteiger partial charge < -0.3 is 10.1 Å². The lowest BCUT2D eigenvalue weighted by Gasteiger charge is -2.04. The van der Waals surface area contributed by atoms with Gasteiger partial charge in [0.25, 0.3) is 0 Å². The molecule has 2 aromatic rings. The third kappa shape index (κ3) is 4.11. The van der Waals surface area contributed by atoms with Gasteiger partial charge in [-0.3, -0.25) is 0 Å². The molecule has 0 saturated heterocycles. The zero-order valence-corrected chi connectivity index (χ0v) is 13.3. The number of aromatic nitrogens is 4. The monoisotopic (exact) mass is 364 g/mol. The lowest BCUT2D eigenvalue weighted by Crippen LogP contribution is -2.26. The van der Waals surface area contributed by atoms with Gasteiger partial charge in [0.05, 0.1) is 35.8 Å². The average molecular weight is 364 g/mol. The second kappa shape index (κ2) is 7.00. The first kappa shape index (κ1) is 17.9. The van der Waals surface area contributed by atoms with Gasteiger partial charge in [-0.05, 0) is 18.3 Å². The molecule has 24 heavy (non-hydrogen) atoms. The Morgan fingerprint density at radius 2 is 2.12 bits per heavy atom.